The highest BCUT2D eigenvalue weighted by molar-refractivity contribution is 6.33. The number of nitrogens with two attached hydrogens (primary N) is 1. The van der Waals surface area contributed by atoms with E-state index < -0.39 is 0 Å². The SMILES string of the molecule is CN1CCC(O)C(Cc2ccc(Cl)c(N)c2)C1. The van der Waals surface area contributed by atoms with Gasteiger partial charge in [0.2, 0.25) is 0 Å². The first kappa shape index (κ1) is 12.7. The molecule has 0 spiro atoms. The van der Waals surface area contributed by atoms with Gasteiger partial charge in [-0.3, -0.25) is 0 Å². The lowest BCUT2D eigenvalue weighted by atomic mass is 9.89. The Bertz CT molecular complexity index is 397. The Morgan fingerprint density at radius 1 is 1.53 bits per heavy atom. The molecule has 3 N–H and O–H groups in total. The number of nitrogens with zero attached hydrogens (tertiary/aromatic N) is 1. The van der Waals surface area contributed by atoms with Gasteiger partial charge in [-0.15, -0.1) is 0 Å². The van der Waals surface area contributed by atoms with Crippen LogP contribution in [0.15, 0.2) is 18.2 Å². The molecule has 2 atom stereocenters. The summed E-state index contributed by atoms with van der Waals surface area (Å²) in [6, 6.07) is 5.72. The van der Waals surface area contributed by atoms with E-state index in [0.29, 0.717) is 10.7 Å². The van der Waals surface area contributed by atoms with Crippen LogP contribution in [0.5, 0.6) is 0 Å². The van der Waals surface area contributed by atoms with Gasteiger partial charge in [-0.1, -0.05) is 17.7 Å². The topological polar surface area (TPSA) is 49.5 Å². The summed E-state index contributed by atoms with van der Waals surface area (Å²) < 4.78 is 0. The lowest BCUT2D eigenvalue weighted by Crippen LogP contribution is -2.41. The van der Waals surface area contributed by atoms with Gasteiger partial charge in [0.15, 0.2) is 0 Å². The number of benzene rings is 1. The summed E-state index contributed by atoms with van der Waals surface area (Å²) in [6.45, 7) is 1.91. The van der Waals surface area contributed by atoms with Crippen molar-refractivity contribution in [3.8, 4) is 0 Å². The van der Waals surface area contributed by atoms with Gasteiger partial charge < -0.3 is 15.7 Å². The molecule has 3 nitrogen and oxygen atoms in total. The number of hydrogen-bond acceptors (Lipinski definition) is 3. The maximum absolute atomic E-state index is 9.99. The predicted octanol–water partition coefficient (Wildman–Crippen LogP) is 1.78. The van der Waals surface area contributed by atoms with Gasteiger partial charge in [-0.05, 0) is 37.6 Å². The Morgan fingerprint density at radius 3 is 3.00 bits per heavy atom. The van der Waals surface area contributed by atoms with Gasteiger partial charge in [0.1, 0.15) is 0 Å². The molecule has 1 aromatic rings. The van der Waals surface area contributed by atoms with Crippen LogP contribution >= 0.6 is 11.6 Å². The number of anilines is 1. The summed E-state index contributed by atoms with van der Waals surface area (Å²) in [7, 11) is 2.09. The van der Waals surface area contributed by atoms with E-state index in [0.717, 1.165) is 31.5 Å². The van der Waals surface area contributed by atoms with Crippen molar-refractivity contribution in [2.24, 2.45) is 5.92 Å². The normalized spacial score (nSPS) is 26.1. The average molecular weight is 255 g/mol. The van der Waals surface area contributed by atoms with Crippen molar-refractivity contribution >= 4 is 17.3 Å². The Labute approximate surface area is 107 Å². The van der Waals surface area contributed by atoms with E-state index in [1.807, 2.05) is 18.2 Å². The predicted molar refractivity (Wildman–Crippen MR) is 71.2 cm³/mol. The van der Waals surface area contributed by atoms with Crippen molar-refractivity contribution in [2.45, 2.75) is 18.9 Å². The maximum Gasteiger partial charge on any atom is 0.0635 e. The molecule has 1 aromatic carbocycles. The average Bonchev–Trinajstić information content (AvgIpc) is 2.29. The summed E-state index contributed by atoms with van der Waals surface area (Å²) >= 11 is 5.89. The first-order valence-corrected chi connectivity index (χ1v) is 6.34. The highest BCUT2D eigenvalue weighted by Gasteiger charge is 2.25. The summed E-state index contributed by atoms with van der Waals surface area (Å²) in [5.74, 6) is 0.286. The van der Waals surface area contributed by atoms with Crippen molar-refractivity contribution < 1.29 is 5.11 Å². The molecule has 1 aliphatic heterocycles. The minimum atomic E-state index is -0.205. The molecule has 17 heavy (non-hydrogen) atoms. The zero-order valence-electron chi connectivity index (χ0n) is 10.1. The highest BCUT2D eigenvalue weighted by atomic mass is 35.5. The fraction of sp³-hybridized carbons (Fsp3) is 0.538. The molecular formula is C13H19ClN2O. The van der Waals surface area contributed by atoms with Crippen LogP contribution in [0.2, 0.25) is 5.02 Å². The van der Waals surface area contributed by atoms with Crippen LogP contribution < -0.4 is 5.73 Å². The summed E-state index contributed by atoms with van der Waals surface area (Å²) in [6.07, 6.45) is 1.50. The minimum Gasteiger partial charge on any atom is -0.398 e. The van der Waals surface area contributed by atoms with Crippen molar-refractivity contribution in [2.75, 3.05) is 25.9 Å². The third kappa shape index (κ3) is 3.12. The molecule has 0 aliphatic carbocycles. The van der Waals surface area contributed by atoms with Crippen LogP contribution in [-0.2, 0) is 6.42 Å². The van der Waals surface area contributed by atoms with Crippen molar-refractivity contribution in [3.63, 3.8) is 0 Å². The number of aliphatic hydroxyl groups excluding tert-OH is 1. The smallest absolute Gasteiger partial charge is 0.0635 e. The third-order valence-corrected chi connectivity index (χ3v) is 3.80. The summed E-state index contributed by atoms with van der Waals surface area (Å²) in [5.41, 5.74) is 7.54. The molecular weight excluding hydrogens is 236 g/mol. The molecule has 0 aromatic heterocycles. The Kier molecular flexibility index (Phi) is 3.92. The van der Waals surface area contributed by atoms with Gasteiger partial charge in [0.05, 0.1) is 16.8 Å². The van der Waals surface area contributed by atoms with Gasteiger partial charge in [0, 0.05) is 19.0 Å². The van der Waals surface area contributed by atoms with Gasteiger partial charge in [0.25, 0.3) is 0 Å². The maximum atomic E-state index is 9.99. The number of nitrogen functional groups attached to an aromatic ring is 1. The molecule has 1 aliphatic rings. The number of hydrogen-bond donors (Lipinski definition) is 2. The van der Waals surface area contributed by atoms with Crippen LogP contribution in [0.3, 0.4) is 0 Å². The van der Waals surface area contributed by atoms with E-state index in [-0.39, 0.29) is 12.0 Å². The van der Waals surface area contributed by atoms with Crippen molar-refractivity contribution in [1.29, 1.82) is 0 Å². The summed E-state index contributed by atoms with van der Waals surface area (Å²) in [4.78, 5) is 2.26. The van der Waals surface area contributed by atoms with Crippen molar-refractivity contribution in [1.82, 2.24) is 4.90 Å². The lowest BCUT2D eigenvalue weighted by Gasteiger charge is -2.34. The molecule has 4 heteroatoms. The second-order valence-corrected chi connectivity index (χ2v) is 5.35. The number of aliphatic hydroxyl groups is 1. The first-order valence-electron chi connectivity index (χ1n) is 5.97. The number of halogens is 1. The molecule has 94 valence electrons. The van der Waals surface area contributed by atoms with E-state index >= 15 is 0 Å². The molecule has 2 unspecified atom stereocenters. The molecule has 0 saturated carbocycles. The Morgan fingerprint density at radius 2 is 2.29 bits per heavy atom. The van der Waals surface area contributed by atoms with Crippen LogP contribution in [0, 0.1) is 5.92 Å². The van der Waals surface area contributed by atoms with Crippen LogP contribution in [0.1, 0.15) is 12.0 Å². The molecule has 1 saturated heterocycles. The fourth-order valence-corrected chi connectivity index (χ4v) is 2.54. The number of piperidine rings is 1. The van der Waals surface area contributed by atoms with Crippen LogP contribution in [-0.4, -0.2) is 36.2 Å². The zero-order valence-corrected chi connectivity index (χ0v) is 10.8. The van der Waals surface area contributed by atoms with E-state index in [1.165, 1.54) is 0 Å². The van der Waals surface area contributed by atoms with Gasteiger partial charge >= 0.3 is 0 Å². The van der Waals surface area contributed by atoms with E-state index in [4.69, 9.17) is 17.3 Å². The Hall–Kier alpha value is -0.770. The van der Waals surface area contributed by atoms with E-state index in [9.17, 15) is 5.11 Å². The van der Waals surface area contributed by atoms with Crippen LogP contribution in [0.4, 0.5) is 5.69 Å². The number of rotatable bonds is 2. The quantitative estimate of drug-likeness (QED) is 0.791. The fourth-order valence-electron chi connectivity index (χ4n) is 2.43. The first-order chi connectivity index (χ1) is 8.06. The molecule has 1 fully saturated rings. The second-order valence-electron chi connectivity index (χ2n) is 4.94. The molecule has 1 heterocycles. The number of likely N-dealkylation sites (tertiary alicyclic amines) is 1. The minimum absolute atomic E-state index is 0.205. The third-order valence-electron chi connectivity index (χ3n) is 3.46. The second kappa shape index (κ2) is 5.25. The highest BCUT2D eigenvalue weighted by Crippen LogP contribution is 2.24. The molecule has 0 radical (unpaired) electrons. The monoisotopic (exact) mass is 254 g/mol. The molecule has 0 bridgehead atoms. The zero-order chi connectivity index (χ0) is 12.4. The van der Waals surface area contributed by atoms with E-state index in [2.05, 4.69) is 11.9 Å². The lowest BCUT2D eigenvalue weighted by molar-refractivity contribution is 0.0366. The molecule has 2 rings (SSSR count). The van der Waals surface area contributed by atoms with Gasteiger partial charge in [-0.25, -0.2) is 0 Å². The van der Waals surface area contributed by atoms with Crippen molar-refractivity contribution in [3.05, 3.63) is 28.8 Å². The van der Waals surface area contributed by atoms with E-state index in [1.54, 1.807) is 0 Å². The largest absolute Gasteiger partial charge is 0.398 e. The standard InChI is InChI=1S/C13H19ClN2O/c1-16-5-4-13(17)10(8-16)6-9-2-3-11(14)12(15)7-9/h2-3,7,10,13,17H,4-6,8,15H2,1H3. The summed E-state index contributed by atoms with van der Waals surface area (Å²) in [5, 5.41) is 10.6. The molecule has 0 amide bonds. The Balaban J connectivity index is 2.06. The van der Waals surface area contributed by atoms with Gasteiger partial charge in [-0.2, -0.15) is 0 Å². The van der Waals surface area contributed by atoms with Crippen LogP contribution in [0.25, 0.3) is 0 Å².